The highest BCUT2D eigenvalue weighted by molar-refractivity contribution is 8.27. The average Bonchev–Trinajstić information content (AvgIpc) is 3.02. The topological polar surface area (TPSA) is 33.5 Å². The van der Waals surface area contributed by atoms with Gasteiger partial charge in [-0.15, -0.1) is 0 Å². The molecule has 3 nitrogen and oxygen atoms in total. The summed E-state index contributed by atoms with van der Waals surface area (Å²) in [5, 5.41) is 0. The molecule has 0 saturated carbocycles. The van der Waals surface area contributed by atoms with Crippen LogP contribution in [-0.4, -0.2) is 10.2 Å². The molecule has 0 radical (unpaired) electrons. The van der Waals surface area contributed by atoms with E-state index in [1.807, 2.05) is 0 Å². The Morgan fingerprint density at radius 1 is 1.25 bits per heavy atom. The number of carbonyl (C=O) groups is 1. The summed E-state index contributed by atoms with van der Waals surface area (Å²) in [5.74, 6) is -0.00191. The smallest absolute Gasteiger partial charge is 0.270 e. The van der Waals surface area contributed by atoms with E-state index in [1.54, 1.807) is 18.2 Å². The van der Waals surface area contributed by atoms with Gasteiger partial charge < -0.3 is 4.42 Å². The van der Waals surface area contributed by atoms with Crippen molar-refractivity contribution in [3.05, 3.63) is 59.1 Å². The number of amides is 1. The molecule has 0 bridgehead atoms. The van der Waals surface area contributed by atoms with E-state index in [4.69, 9.17) is 16.6 Å². The fourth-order valence-corrected chi connectivity index (χ4v) is 3.06. The molecule has 20 heavy (non-hydrogen) atoms. The third kappa shape index (κ3) is 2.39. The summed E-state index contributed by atoms with van der Waals surface area (Å²) in [6.07, 6.45) is 3.18. The molecular formula is C14H8FNO2S2. The normalized spacial score (nSPS) is 17.2. The van der Waals surface area contributed by atoms with Crippen LogP contribution in [0.15, 0.2) is 52.0 Å². The molecule has 2 heterocycles. The Labute approximate surface area is 124 Å². The number of thioether (sulfide) groups is 1. The van der Waals surface area contributed by atoms with Gasteiger partial charge in [-0.25, -0.2) is 4.39 Å². The number of carbonyl (C=O) groups excluding carboxylic acids is 1. The molecule has 0 unspecified atom stereocenters. The maximum Gasteiger partial charge on any atom is 0.270 e. The van der Waals surface area contributed by atoms with Gasteiger partial charge >= 0.3 is 0 Å². The van der Waals surface area contributed by atoms with Crippen molar-refractivity contribution in [3.63, 3.8) is 0 Å². The minimum atomic E-state index is -0.356. The first-order valence-electron chi connectivity index (χ1n) is 5.72. The zero-order valence-corrected chi connectivity index (χ0v) is 11.7. The van der Waals surface area contributed by atoms with Gasteiger partial charge in [-0.3, -0.25) is 9.69 Å². The summed E-state index contributed by atoms with van der Waals surface area (Å²) in [7, 11) is 0. The first kappa shape index (κ1) is 13.1. The molecule has 6 heteroatoms. The second-order valence-corrected chi connectivity index (χ2v) is 5.68. The number of hydrogen-bond donors (Lipinski definition) is 0. The number of benzene rings is 1. The molecule has 1 fully saturated rings. The molecule has 0 aliphatic carbocycles. The second-order valence-electron chi connectivity index (χ2n) is 4.01. The molecule has 1 aliphatic rings. The van der Waals surface area contributed by atoms with Gasteiger partial charge in [-0.05, 0) is 36.4 Å². The van der Waals surface area contributed by atoms with Crippen LogP contribution in [0.4, 0.5) is 10.1 Å². The molecule has 1 amide bonds. The Balaban J connectivity index is 1.93. The fourth-order valence-electron chi connectivity index (χ4n) is 1.78. The van der Waals surface area contributed by atoms with E-state index in [-0.39, 0.29) is 11.7 Å². The largest absolute Gasteiger partial charge is 0.465 e. The van der Waals surface area contributed by atoms with Crippen molar-refractivity contribution < 1.29 is 13.6 Å². The van der Waals surface area contributed by atoms with Crippen LogP contribution in [0.5, 0.6) is 0 Å². The number of hydrogen-bond acceptors (Lipinski definition) is 4. The van der Waals surface area contributed by atoms with Gasteiger partial charge in [0.1, 0.15) is 11.6 Å². The molecule has 1 aromatic carbocycles. The van der Waals surface area contributed by atoms with Crippen LogP contribution in [0.3, 0.4) is 0 Å². The number of thiocarbonyl (C=S) groups is 1. The third-order valence-electron chi connectivity index (χ3n) is 2.70. The lowest BCUT2D eigenvalue weighted by Gasteiger charge is -2.13. The minimum absolute atomic E-state index is 0.233. The standard InChI is InChI=1S/C14H8FNO2S2/c15-9-3-5-10(6-4-9)16-13(17)12(20-14(16)19)8-11-2-1-7-18-11/h1-8H. The van der Waals surface area contributed by atoms with E-state index >= 15 is 0 Å². The molecule has 0 atom stereocenters. The molecule has 1 saturated heterocycles. The summed E-state index contributed by atoms with van der Waals surface area (Å²) in [4.78, 5) is 14.2. The fraction of sp³-hybridized carbons (Fsp3) is 0. The van der Waals surface area contributed by atoms with E-state index in [1.165, 1.54) is 47.2 Å². The quantitative estimate of drug-likeness (QED) is 0.624. The van der Waals surface area contributed by atoms with Crippen molar-refractivity contribution in [2.75, 3.05) is 4.90 Å². The minimum Gasteiger partial charge on any atom is -0.465 e. The molecule has 0 spiro atoms. The van der Waals surface area contributed by atoms with Gasteiger partial charge in [-0.2, -0.15) is 0 Å². The summed E-state index contributed by atoms with van der Waals surface area (Å²) in [6, 6.07) is 9.14. The van der Waals surface area contributed by atoms with E-state index in [0.717, 1.165) is 0 Å². The monoisotopic (exact) mass is 305 g/mol. The molecule has 0 N–H and O–H groups in total. The number of nitrogens with zero attached hydrogens (tertiary/aromatic N) is 1. The number of halogens is 1. The Morgan fingerprint density at radius 3 is 2.65 bits per heavy atom. The van der Waals surface area contributed by atoms with E-state index in [9.17, 15) is 9.18 Å². The highest BCUT2D eigenvalue weighted by Gasteiger charge is 2.33. The average molecular weight is 305 g/mol. The van der Waals surface area contributed by atoms with E-state index < -0.39 is 0 Å². The van der Waals surface area contributed by atoms with Crippen LogP contribution >= 0.6 is 24.0 Å². The summed E-state index contributed by atoms with van der Waals surface area (Å²) < 4.78 is 18.5. The Hall–Kier alpha value is -1.92. The van der Waals surface area contributed by atoms with Crippen molar-refractivity contribution in [3.8, 4) is 0 Å². The first-order chi connectivity index (χ1) is 9.65. The van der Waals surface area contributed by atoms with Crippen LogP contribution in [0.2, 0.25) is 0 Å². The molecule has 1 aliphatic heterocycles. The first-order valence-corrected chi connectivity index (χ1v) is 6.94. The Morgan fingerprint density at radius 2 is 2.00 bits per heavy atom. The summed E-state index contributed by atoms with van der Waals surface area (Å²) in [5.41, 5.74) is 0.553. The van der Waals surface area contributed by atoms with Gasteiger partial charge in [0.15, 0.2) is 4.32 Å². The molecular weight excluding hydrogens is 297 g/mol. The lowest BCUT2D eigenvalue weighted by atomic mass is 10.3. The predicted octanol–water partition coefficient (Wildman–Crippen LogP) is 3.82. The van der Waals surface area contributed by atoms with Gasteiger partial charge in [0.05, 0.1) is 16.9 Å². The van der Waals surface area contributed by atoms with Gasteiger partial charge in [-0.1, -0.05) is 24.0 Å². The molecule has 2 aromatic rings. The third-order valence-corrected chi connectivity index (χ3v) is 4.00. The van der Waals surface area contributed by atoms with Crippen LogP contribution in [0.25, 0.3) is 6.08 Å². The zero-order chi connectivity index (χ0) is 14.1. The lowest BCUT2D eigenvalue weighted by Crippen LogP contribution is -2.27. The highest BCUT2D eigenvalue weighted by atomic mass is 32.2. The molecule has 3 rings (SSSR count). The lowest BCUT2D eigenvalue weighted by molar-refractivity contribution is -0.113. The molecule has 100 valence electrons. The second kappa shape index (κ2) is 5.22. The summed E-state index contributed by atoms with van der Waals surface area (Å²) in [6.45, 7) is 0. The van der Waals surface area contributed by atoms with Crippen molar-refractivity contribution in [1.29, 1.82) is 0 Å². The van der Waals surface area contributed by atoms with Crippen molar-refractivity contribution >= 4 is 46.0 Å². The molecule has 1 aromatic heterocycles. The Bertz CT molecular complexity index is 692. The predicted molar refractivity (Wildman–Crippen MR) is 80.8 cm³/mol. The number of rotatable bonds is 2. The van der Waals surface area contributed by atoms with Crippen LogP contribution in [-0.2, 0) is 4.79 Å². The maximum atomic E-state index is 12.9. The van der Waals surface area contributed by atoms with Crippen molar-refractivity contribution in [1.82, 2.24) is 0 Å². The van der Waals surface area contributed by atoms with Crippen molar-refractivity contribution in [2.45, 2.75) is 0 Å². The number of anilines is 1. The highest BCUT2D eigenvalue weighted by Crippen LogP contribution is 2.35. The van der Waals surface area contributed by atoms with Gasteiger partial charge in [0.2, 0.25) is 0 Å². The summed E-state index contributed by atoms with van der Waals surface area (Å²) >= 11 is 6.40. The van der Waals surface area contributed by atoms with E-state index in [0.29, 0.717) is 20.7 Å². The maximum absolute atomic E-state index is 12.9. The van der Waals surface area contributed by atoms with Crippen LogP contribution in [0, 0.1) is 5.82 Å². The van der Waals surface area contributed by atoms with E-state index in [2.05, 4.69) is 0 Å². The zero-order valence-electron chi connectivity index (χ0n) is 10.1. The van der Waals surface area contributed by atoms with Gasteiger partial charge in [0, 0.05) is 6.08 Å². The van der Waals surface area contributed by atoms with Crippen LogP contribution in [0.1, 0.15) is 5.76 Å². The SMILES string of the molecule is O=C1C(=Cc2ccco2)SC(=S)N1c1ccc(F)cc1. The van der Waals surface area contributed by atoms with Crippen molar-refractivity contribution in [2.24, 2.45) is 0 Å². The van der Waals surface area contributed by atoms with Crippen LogP contribution < -0.4 is 4.90 Å². The van der Waals surface area contributed by atoms with Gasteiger partial charge in [0.25, 0.3) is 5.91 Å². The number of furan rings is 1. The Kier molecular flexibility index (Phi) is 3.42.